The summed E-state index contributed by atoms with van der Waals surface area (Å²) in [5.41, 5.74) is 3.04. The Hall–Kier alpha value is -3.15. The van der Waals surface area contributed by atoms with Gasteiger partial charge in [-0.3, -0.25) is 9.69 Å². The molecule has 1 fully saturated rings. The number of carbonyl (C=O) groups is 2. The summed E-state index contributed by atoms with van der Waals surface area (Å²) in [6, 6.07) is 8.41. The van der Waals surface area contributed by atoms with Crippen molar-refractivity contribution in [2.75, 3.05) is 25.0 Å². The first-order valence-electron chi connectivity index (χ1n) is 9.47. The molecule has 2 N–H and O–H groups in total. The molecule has 2 aromatic rings. The average Bonchev–Trinajstić information content (AvgIpc) is 2.71. The molecule has 30 heavy (non-hydrogen) atoms. The highest BCUT2D eigenvalue weighted by molar-refractivity contribution is 6.31. The quantitative estimate of drug-likeness (QED) is 0.774. The molecule has 0 saturated carbocycles. The number of anilines is 1. The number of halogens is 1. The number of nitrogens with zero attached hydrogens (tertiary/aromatic N) is 4. The maximum Gasteiger partial charge on any atom is 0.407 e. The second-order valence-corrected chi connectivity index (χ2v) is 7.73. The maximum atomic E-state index is 12.6. The van der Waals surface area contributed by atoms with E-state index in [4.69, 9.17) is 16.9 Å². The molecular formula is C21H22ClN5O3. The number of aromatic nitrogens is 1. The van der Waals surface area contributed by atoms with Gasteiger partial charge in [0.25, 0.3) is 5.91 Å². The van der Waals surface area contributed by atoms with Crippen LogP contribution in [0.25, 0.3) is 0 Å². The van der Waals surface area contributed by atoms with Crippen LogP contribution in [0.3, 0.4) is 0 Å². The molecule has 1 atom stereocenters. The Balaban J connectivity index is 1.74. The first-order valence-corrected chi connectivity index (χ1v) is 9.84. The Labute approximate surface area is 179 Å². The van der Waals surface area contributed by atoms with Gasteiger partial charge in [0.05, 0.1) is 5.56 Å². The number of piperazine rings is 1. The van der Waals surface area contributed by atoms with Crippen molar-refractivity contribution >= 4 is 29.3 Å². The van der Waals surface area contributed by atoms with E-state index in [9.17, 15) is 14.7 Å². The third-order valence-corrected chi connectivity index (χ3v) is 5.44. The summed E-state index contributed by atoms with van der Waals surface area (Å²) in [5.74, 6) is -0.341. The zero-order chi connectivity index (χ0) is 21.8. The fourth-order valence-corrected chi connectivity index (χ4v) is 3.76. The van der Waals surface area contributed by atoms with Crippen molar-refractivity contribution in [1.29, 1.82) is 5.26 Å². The number of pyridine rings is 1. The summed E-state index contributed by atoms with van der Waals surface area (Å²) >= 11 is 6.30. The van der Waals surface area contributed by atoms with E-state index in [2.05, 4.69) is 15.2 Å². The summed E-state index contributed by atoms with van der Waals surface area (Å²) in [4.78, 5) is 31.4. The molecule has 9 heteroatoms. The van der Waals surface area contributed by atoms with Crippen LogP contribution in [0, 0.1) is 18.3 Å². The van der Waals surface area contributed by atoms with E-state index in [1.165, 1.54) is 17.2 Å². The van der Waals surface area contributed by atoms with Gasteiger partial charge in [-0.2, -0.15) is 5.26 Å². The van der Waals surface area contributed by atoms with E-state index in [0.29, 0.717) is 42.5 Å². The average molecular weight is 428 g/mol. The van der Waals surface area contributed by atoms with E-state index in [0.717, 1.165) is 11.1 Å². The second-order valence-electron chi connectivity index (χ2n) is 7.30. The van der Waals surface area contributed by atoms with Crippen LogP contribution < -0.4 is 5.32 Å². The van der Waals surface area contributed by atoms with Crippen LogP contribution >= 0.6 is 11.6 Å². The SMILES string of the molecule is Cc1c(CN2CCN(C(=O)O)C(C)C2)cc(Cl)cc1NC(=O)c1ccc(C#N)nc1. The van der Waals surface area contributed by atoms with Crippen molar-refractivity contribution in [2.45, 2.75) is 26.4 Å². The van der Waals surface area contributed by atoms with Crippen molar-refractivity contribution < 1.29 is 14.7 Å². The van der Waals surface area contributed by atoms with Gasteiger partial charge in [-0.05, 0) is 49.2 Å². The van der Waals surface area contributed by atoms with Gasteiger partial charge in [0.15, 0.2) is 0 Å². The molecule has 2 amide bonds. The lowest BCUT2D eigenvalue weighted by Crippen LogP contribution is -2.53. The summed E-state index contributed by atoms with van der Waals surface area (Å²) in [6.07, 6.45) is 0.459. The minimum absolute atomic E-state index is 0.0983. The minimum Gasteiger partial charge on any atom is -0.465 e. The molecule has 2 heterocycles. The van der Waals surface area contributed by atoms with Gasteiger partial charge in [0, 0.05) is 49.1 Å². The number of rotatable bonds is 4. The van der Waals surface area contributed by atoms with Crippen LogP contribution in [0.2, 0.25) is 5.02 Å². The van der Waals surface area contributed by atoms with E-state index in [1.54, 1.807) is 12.1 Å². The zero-order valence-electron chi connectivity index (χ0n) is 16.7. The Morgan fingerprint density at radius 2 is 2.13 bits per heavy atom. The second kappa shape index (κ2) is 9.11. The first kappa shape index (κ1) is 21.6. The lowest BCUT2D eigenvalue weighted by molar-refractivity contribution is 0.0710. The monoisotopic (exact) mass is 427 g/mol. The van der Waals surface area contributed by atoms with Crippen LogP contribution in [-0.2, 0) is 6.54 Å². The molecule has 1 aliphatic heterocycles. The lowest BCUT2D eigenvalue weighted by atomic mass is 10.0. The van der Waals surface area contributed by atoms with Crippen LogP contribution in [0.1, 0.15) is 34.1 Å². The van der Waals surface area contributed by atoms with Gasteiger partial charge in [0.2, 0.25) is 0 Å². The van der Waals surface area contributed by atoms with E-state index in [-0.39, 0.29) is 17.6 Å². The van der Waals surface area contributed by atoms with Gasteiger partial charge >= 0.3 is 6.09 Å². The number of nitriles is 1. The first-order chi connectivity index (χ1) is 14.3. The standard InChI is InChI=1S/C21H22ClN5O3/c1-13-11-26(5-6-27(13)21(29)30)12-16-7-17(22)8-19(14(16)2)25-20(28)15-3-4-18(9-23)24-10-15/h3-4,7-8,10,13H,5-6,11-12H2,1-2H3,(H,25,28)(H,29,30). The predicted molar refractivity (Wildman–Crippen MR) is 113 cm³/mol. The van der Waals surface area contributed by atoms with E-state index in [1.807, 2.05) is 26.0 Å². The number of hydrogen-bond acceptors (Lipinski definition) is 5. The normalized spacial score (nSPS) is 16.7. The lowest BCUT2D eigenvalue weighted by Gasteiger charge is -2.38. The van der Waals surface area contributed by atoms with Crippen LogP contribution in [0.4, 0.5) is 10.5 Å². The minimum atomic E-state index is -0.900. The number of nitrogens with one attached hydrogen (secondary N) is 1. The van der Waals surface area contributed by atoms with Crippen molar-refractivity contribution in [1.82, 2.24) is 14.8 Å². The number of benzene rings is 1. The fraction of sp³-hybridized carbons (Fsp3) is 0.333. The van der Waals surface area contributed by atoms with Crippen LogP contribution in [0.5, 0.6) is 0 Å². The van der Waals surface area contributed by atoms with Gasteiger partial charge in [0.1, 0.15) is 11.8 Å². The van der Waals surface area contributed by atoms with Gasteiger partial charge in [-0.15, -0.1) is 0 Å². The summed E-state index contributed by atoms with van der Waals surface area (Å²) in [7, 11) is 0. The molecule has 1 aliphatic rings. The highest BCUT2D eigenvalue weighted by Crippen LogP contribution is 2.27. The Bertz CT molecular complexity index is 1000. The summed E-state index contributed by atoms with van der Waals surface area (Å²) in [6.45, 7) is 6.10. The highest BCUT2D eigenvalue weighted by atomic mass is 35.5. The van der Waals surface area contributed by atoms with Crippen LogP contribution in [0.15, 0.2) is 30.5 Å². The number of hydrogen-bond donors (Lipinski definition) is 2. The maximum absolute atomic E-state index is 12.6. The molecule has 0 spiro atoms. The molecule has 3 rings (SSSR count). The van der Waals surface area contributed by atoms with Crippen molar-refractivity contribution in [3.05, 3.63) is 57.9 Å². The largest absolute Gasteiger partial charge is 0.465 e. The van der Waals surface area contributed by atoms with Crippen molar-refractivity contribution in [3.63, 3.8) is 0 Å². The van der Waals surface area contributed by atoms with E-state index >= 15 is 0 Å². The molecule has 0 bridgehead atoms. The van der Waals surface area contributed by atoms with Crippen LogP contribution in [-0.4, -0.2) is 57.6 Å². The molecular weight excluding hydrogens is 406 g/mol. The third-order valence-electron chi connectivity index (χ3n) is 5.22. The molecule has 156 valence electrons. The molecule has 1 aromatic heterocycles. The molecule has 8 nitrogen and oxygen atoms in total. The fourth-order valence-electron chi connectivity index (χ4n) is 3.52. The molecule has 1 saturated heterocycles. The molecule has 1 aromatic carbocycles. The highest BCUT2D eigenvalue weighted by Gasteiger charge is 2.27. The smallest absolute Gasteiger partial charge is 0.407 e. The molecule has 0 aliphatic carbocycles. The predicted octanol–water partition coefficient (Wildman–Crippen LogP) is 3.35. The Morgan fingerprint density at radius 3 is 2.73 bits per heavy atom. The number of carboxylic acid groups (broad SMARTS) is 1. The Morgan fingerprint density at radius 1 is 1.37 bits per heavy atom. The summed E-state index contributed by atoms with van der Waals surface area (Å²) < 4.78 is 0. The third kappa shape index (κ3) is 4.87. The topological polar surface area (TPSA) is 110 Å². The van der Waals surface area contributed by atoms with Crippen molar-refractivity contribution in [3.8, 4) is 6.07 Å². The zero-order valence-corrected chi connectivity index (χ0v) is 17.5. The van der Waals surface area contributed by atoms with Crippen molar-refractivity contribution in [2.24, 2.45) is 0 Å². The van der Waals surface area contributed by atoms with Gasteiger partial charge < -0.3 is 15.3 Å². The number of amides is 2. The van der Waals surface area contributed by atoms with Gasteiger partial charge in [-0.1, -0.05) is 11.6 Å². The van der Waals surface area contributed by atoms with Gasteiger partial charge in [-0.25, -0.2) is 9.78 Å². The van der Waals surface area contributed by atoms with E-state index < -0.39 is 6.09 Å². The summed E-state index contributed by atoms with van der Waals surface area (Å²) in [5, 5.41) is 21.4. The Kier molecular flexibility index (Phi) is 6.55. The number of carbonyl (C=O) groups excluding carboxylic acids is 1. The molecule has 0 radical (unpaired) electrons. The molecule has 1 unspecified atom stereocenters.